The lowest BCUT2D eigenvalue weighted by molar-refractivity contribution is -0.135. The summed E-state index contributed by atoms with van der Waals surface area (Å²) in [5, 5.41) is 2.08. The minimum Gasteiger partial charge on any atom is -0.497 e. The van der Waals surface area contributed by atoms with Crippen LogP contribution in [0.4, 0.5) is 0 Å². The number of carbonyl (C=O) groups excluding carboxylic acids is 2. The van der Waals surface area contributed by atoms with Crippen molar-refractivity contribution in [3.05, 3.63) is 82.0 Å². The number of amides is 2. The summed E-state index contributed by atoms with van der Waals surface area (Å²) in [4.78, 5) is 32.0. The molecule has 1 aliphatic heterocycles. The summed E-state index contributed by atoms with van der Waals surface area (Å²) >= 11 is 1.73. The van der Waals surface area contributed by atoms with Gasteiger partial charge in [-0.25, -0.2) is 0 Å². The number of ether oxygens (including phenoxy) is 2. The predicted molar refractivity (Wildman–Crippen MR) is 143 cm³/mol. The van der Waals surface area contributed by atoms with E-state index >= 15 is 0 Å². The molecular weight excluding hydrogens is 472 g/mol. The first kappa shape index (κ1) is 25.8. The molecule has 2 amide bonds. The van der Waals surface area contributed by atoms with Crippen molar-refractivity contribution in [2.24, 2.45) is 5.92 Å². The number of rotatable bonds is 10. The summed E-state index contributed by atoms with van der Waals surface area (Å²) in [6, 6.07) is 18.6. The van der Waals surface area contributed by atoms with E-state index in [0.29, 0.717) is 36.9 Å². The Morgan fingerprint density at radius 1 is 1.06 bits per heavy atom. The van der Waals surface area contributed by atoms with Gasteiger partial charge in [0.1, 0.15) is 24.7 Å². The minimum absolute atomic E-state index is 0.0406. The molecule has 0 spiro atoms. The van der Waals surface area contributed by atoms with Gasteiger partial charge in [0, 0.05) is 23.5 Å². The highest BCUT2D eigenvalue weighted by molar-refractivity contribution is 7.10. The van der Waals surface area contributed by atoms with E-state index < -0.39 is 0 Å². The Labute approximate surface area is 217 Å². The zero-order valence-electron chi connectivity index (χ0n) is 21.2. The summed E-state index contributed by atoms with van der Waals surface area (Å²) in [7, 11) is 1.60. The minimum atomic E-state index is -0.184. The first-order chi connectivity index (χ1) is 17.5. The van der Waals surface area contributed by atoms with Crippen LogP contribution in [0.2, 0.25) is 0 Å². The van der Waals surface area contributed by atoms with E-state index in [1.165, 1.54) is 4.88 Å². The van der Waals surface area contributed by atoms with Gasteiger partial charge in [0.05, 0.1) is 13.2 Å². The number of hydrogen-bond donors (Lipinski definition) is 0. The summed E-state index contributed by atoms with van der Waals surface area (Å²) in [6.07, 6.45) is 1.64. The van der Waals surface area contributed by atoms with Gasteiger partial charge in [-0.05, 0) is 72.2 Å². The molecule has 0 aliphatic carbocycles. The third-order valence-electron chi connectivity index (χ3n) is 6.49. The van der Waals surface area contributed by atoms with E-state index in [9.17, 15) is 9.59 Å². The number of para-hydroxylation sites is 1. The Bertz CT molecular complexity index is 1140. The number of methoxy groups -OCH3 is 1. The molecule has 2 aromatic carbocycles. The maximum atomic E-state index is 13.7. The Hall–Kier alpha value is -3.32. The van der Waals surface area contributed by atoms with Gasteiger partial charge in [-0.2, -0.15) is 0 Å². The molecule has 0 saturated carbocycles. The molecule has 7 heteroatoms. The van der Waals surface area contributed by atoms with Crippen molar-refractivity contribution >= 4 is 23.2 Å². The van der Waals surface area contributed by atoms with Crippen molar-refractivity contribution in [1.29, 1.82) is 0 Å². The Morgan fingerprint density at radius 2 is 1.81 bits per heavy atom. The first-order valence-electron chi connectivity index (χ1n) is 12.4. The molecule has 0 N–H and O–H groups in total. The molecule has 1 aliphatic rings. The molecule has 190 valence electrons. The van der Waals surface area contributed by atoms with Crippen molar-refractivity contribution in [1.82, 2.24) is 9.80 Å². The molecule has 1 atom stereocenters. The lowest BCUT2D eigenvalue weighted by Gasteiger charge is -2.37. The van der Waals surface area contributed by atoms with E-state index in [1.807, 2.05) is 35.2 Å². The van der Waals surface area contributed by atoms with E-state index in [0.717, 1.165) is 24.2 Å². The molecule has 36 heavy (non-hydrogen) atoms. The maximum absolute atomic E-state index is 13.7. The fourth-order valence-electron chi connectivity index (χ4n) is 4.40. The van der Waals surface area contributed by atoms with Crippen LogP contribution >= 0.6 is 11.3 Å². The molecule has 0 radical (unpaired) electrons. The highest BCUT2D eigenvalue weighted by Gasteiger charge is 2.33. The second kappa shape index (κ2) is 12.1. The lowest BCUT2D eigenvalue weighted by atomic mass is 10.00. The molecule has 0 fully saturated rings. The van der Waals surface area contributed by atoms with Crippen LogP contribution in [-0.4, -0.2) is 55.0 Å². The molecule has 1 aromatic heterocycles. The van der Waals surface area contributed by atoms with Gasteiger partial charge >= 0.3 is 0 Å². The zero-order valence-corrected chi connectivity index (χ0v) is 22.0. The number of nitrogens with zero attached hydrogens (tertiary/aromatic N) is 2. The molecule has 4 rings (SSSR count). The van der Waals surface area contributed by atoms with Crippen LogP contribution in [0.3, 0.4) is 0 Å². The third-order valence-corrected chi connectivity index (χ3v) is 7.49. The van der Waals surface area contributed by atoms with E-state index in [1.54, 1.807) is 47.6 Å². The van der Waals surface area contributed by atoms with Crippen LogP contribution < -0.4 is 9.47 Å². The third kappa shape index (κ3) is 6.26. The van der Waals surface area contributed by atoms with E-state index in [2.05, 4.69) is 25.3 Å². The van der Waals surface area contributed by atoms with Gasteiger partial charge in [-0.1, -0.05) is 32.0 Å². The van der Waals surface area contributed by atoms with Gasteiger partial charge < -0.3 is 19.3 Å². The fraction of sp³-hybridized carbons (Fsp3) is 0.379. The Kier molecular flexibility index (Phi) is 8.65. The maximum Gasteiger partial charge on any atom is 0.254 e. The Morgan fingerprint density at radius 3 is 2.50 bits per heavy atom. The van der Waals surface area contributed by atoms with Crippen LogP contribution in [0.25, 0.3) is 0 Å². The molecule has 3 aromatic rings. The fourth-order valence-corrected chi connectivity index (χ4v) is 5.33. The normalized spacial score (nSPS) is 14.9. The smallest absolute Gasteiger partial charge is 0.254 e. The van der Waals surface area contributed by atoms with Gasteiger partial charge in [-0.3, -0.25) is 9.59 Å². The number of fused-ring (bicyclic) bond motifs is 1. The van der Waals surface area contributed by atoms with Crippen LogP contribution in [0, 0.1) is 5.92 Å². The first-order valence-corrected chi connectivity index (χ1v) is 13.3. The molecular formula is C29H34N2O4S. The second-order valence-electron chi connectivity index (χ2n) is 9.41. The van der Waals surface area contributed by atoms with Crippen LogP contribution in [0.1, 0.15) is 47.1 Å². The van der Waals surface area contributed by atoms with E-state index in [-0.39, 0.29) is 24.4 Å². The number of carbonyl (C=O) groups is 2. The number of hydrogen-bond acceptors (Lipinski definition) is 5. The van der Waals surface area contributed by atoms with Crippen LogP contribution in [0.15, 0.2) is 66.0 Å². The topological polar surface area (TPSA) is 59.1 Å². The van der Waals surface area contributed by atoms with Crippen molar-refractivity contribution in [2.75, 3.05) is 33.4 Å². The van der Waals surface area contributed by atoms with E-state index in [4.69, 9.17) is 9.47 Å². The predicted octanol–water partition coefficient (Wildman–Crippen LogP) is 5.45. The lowest BCUT2D eigenvalue weighted by Crippen LogP contribution is -2.48. The monoisotopic (exact) mass is 506 g/mol. The van der Waals surface area contributed by atoms with Crippen molar-refractivity contribution in [3.63, 3.8) is 0 Å². The number of thiophene rings is 1. The average molecular weight is 507 g/mol. The molecule has 0 saturated heterocycles. The van der Waals surface area contributed by atoms with Gasteiger partial charge in [-0.15, -0.1) is 11.3 Å². The van der Waals surface area contributed by atoms with Crippen LogP contribution in [-0.2, 0) is 11.2 Å². The quantitative estimate of drug-likeness (QED) is 0.367. The molecule has 1 unspecified atom stereocenters. The van der Waals surface area contributed by atoms with Gasteiger partial charge in [0.25, 0.3) is 5.91 Å². The summed E-state index contributed by atoms with van der Waals surface area (Å²) < 4.78 is 11.3. The van der Waals surface area contributed by atoms with Crippen molar-refractivity contribution in [2.45, 2.75) is 32.7 Å². The molecule has 0 bridgehead atoms. The SMILES string of the molecule is COc1ccc(C(=O)N(CCC(C)C)CC(=O)N2CCc3sccc3C2COc2ccccc2)cc1. The van der Waals surface area contributed by atoms with Gasteiger partial charge in [0.2, 0.25) is 5.91 Å². The summed E-state index contributed by atoms with van der Waals surface area (Å²) in [5.74, 6) is 1.69. The highest BCUT2D eigenvalue weighted by Crippen LogP contribution is 2.34. The largest absolute Gasteiger partial charge is 0.497 e. The van der Waals surface area contributed by atoms with Crippen molar-refractivity contribution in [3.8, 4) is 11.5 Å². The second-order valence-corrected chi connectivity index (χ2v) is 10.4. The zero-order chi connectivity index (χ0) is 25.5. The average Bonchev–Trinajstić information content (AvgIpc) is 3.39. The summed E-state index contributed by atoms with van der Waals surface area (Å²) in [5.41, 5.74) is 1.70. The highest BCUT2D eigenvalue weighted by atomic mass is 32.1. The van der Waals surface area contributed by atoms with Crippen molar-refractivity contribution < 1.29 is 19.1 Å². The Balaban J connectivity index is 1.52. The van der Waals surface area contributed by atoms with Gasteiger partial charge in [0.15, 0.2) is 0 Å². The van der Waals surface area contributed by atoms with Crippen LogP contribution in [0.5, 0.6) is 11.5 Å². The number of benzene rings is 2. The molecule has 2 heterocycles. The summed E-state index contributed by atoms with van der Waals surface area (Å²) in [6.45, 7) is 5.80. The standard InChI is InChI=1S/C29H34N2O4S/c1-21(2)13-16-30(29(33)22-9-11-23(34-3)12-10-22)19-28(32)31-17-14-27-25(15-18-36-27)26(31)20-35-24-7-5-4-6-8-24/h4-12,15,18,21,26H,13-14,16-17,19-20H2,1-3H3. The molecule has 6 nitrogen and oxygen atoms in total.